The predicted molar refractivity (Wildman–Crippen MR) is 50.7 cm³/mol. The van der Waals surface area contributed by atoms with Crippen LogP contribution in [0, 0.1) is 11.6 Å². The zero-order chi connectivity index (χ0) is 9.42. The van der Waals surface area contributed by atoms with E-state index in [1.165, 1.54) is 5.71 Å². The Kier molecular flexibility index (Phi) is 1.91. The number of hydrogen-bond acceptors (Lipinski definition) is 1. The van der Waals surface area contributed by atoms with Gasteiger partial charge in [-0.15, -0.1) is 0 Å². The number of rotatable bonds is 1. The van der Waals surface area contributed by atoms with Gasteiger partial charge in [-0.2, -0.15) is 4.24 Å². The van der Waals surface area contributed by atoms with Crippen LogP contribution in [0.5, 0.6) is 0 Å². The van der Waals surface area contributed by atoms with Crippen LogP contribution in [0.2, 0.25) is 0 Å². The van der Waals surface area contributed by atoms with E-state index >= 15 is 0 Å². The minimum Gasteiger partial charge on any atom is -0.200 e. The maximum absolute atomic E-state index is 4.58. The van der Waals surface area contributed by atoms with E-state index < -0.39 is 0 Å². The fraction of sp³-hybridized carbons (Fsp3) is 0.455. The highest BCUT2D eigenvalue weighted by Gasteiger charge is 2.26. The first-order valence-corrected chi connectivity index (χ1v) is 4.79. The van der Waals surface area contributed by atoms with Gasteiger partial charge in [0.05, 0.1) is 6.20 Å². The number of aromatic nitrogens is 1. The molecule has 2 rings (SSSR count). The molecule has 0 aliphatic carbocycles. The zero-order valence-corrected chi connectivity index (χ0v) is 8.36. The third-order valence-electron chi connectivity index (χ3n) is 2.46. The maximum atomic E-state index is 4.58. The van der Waals surface area contributed by atoms with Crippen LogP contribution in [0.1, 0.15) is 20.8 Å². The highest BCUT2D eigenvalue weighted by Crippen LogP contribution is 2.11. The van der Waals surface area contributed by atoms with Crippen molar-refractivity contribution >= 4 is 0 Å². The molecular weight excluding hydrogens is 160 g/mol. The second-order valence-electron chi connectivity index (χ2n) is 3.81. The second-order valence-corrected chi connectivity index (χ2v) is 3.81. The number of pyridine rings is 1. The topological polar surface area (TPSA) is 18.3 Å². The van der Waals surface area contributed by atoms with E-state index in [4.69, 9.17) is 0 Å². The summed E-state index contributed by atoms with van der Waals surface area (Å²) < 4.78 is 2.20. The Hall–Kier alpha value is -1.18. The largest absolute Gasteiger partial charge is 0.322 e. The van der Waals surface area contributed by atoms with Crippen LogP contribution in [0.15, 0.2) is 29.4 Å². The molecule has 0 amide bonds. The maximum Gasteiger partial charge on any atom is 0.322 e. The molecule has 0 bridgehead atoms. The molecule has 0 fully saturated rings. The highest BCUT2D eigenvalue weighted by molar-refractivity contribution is 4.94. The Bertz CT molecular complexity index is 432. The van der Waals surface area contributed by atoms with Crippen molar-refractivity contribution in [1.29, 1.82) is 0 Å². The van der Waals surface area contributed by atoms with Crippen LogP contribution in [0.4, 0.5) is 0 Å². The lowest BCUT2D eigenvalue weighted by Gasteiger charge is -2.02. The molecule has 0 saturated heterocycles. The summed E-state index contributed by atoms with van der Waals surface area (Å²) in [6, 6.07) is 6.48. The van der Waals surface area contributed by atoms with Gasteiger partial charge in [0.1, 0.15) is 5.71 Å². The van der Waals surface area contributed by atoms with E-state index in [-0.39, 0.29) is 0 Å². The van der Waals surface area contributed by atoms with Crippen molar-refractivity contribution in [2.24, 2.45) is 10.9 Å². The molecule has 0 saturated carbocycles. The molecule has 1 aliphatic rings. The summed E-state index contributed by atoms with van der Waals surface area (Å²) in [7, 11) is 0. The number of nitrogens with zero attached hydrogens (tertiary/aromatic N) is 2. The highest BCUT2D eigenvalue weighted by atomic mass is 15.0. The molecule has 0 N–H and O–H groups in total. The predicted octanol–water partition coefficient (Wildman–Crippen LogP) is 1.03. The smallest absolute Gasteiger partial charge is 0.200 e. The van der Waals surface area contributed by atoms with Crippen LogP contribution in [-0.4, -0.2) is 6.04 Å². The summed E-state index contributed by atoms with van der Waals surface area (Å²) in [6.45, 7) is 6.59. The molecule has 1 aromatic heterocycles. The Morgan fingerprint density at radius 1 is 1.38 bits per heavy atom. The lowest BCUT2D eigenvalue weighted by molar-refractivity contribution is -0.540. The number of hydrogen-bond donors (Lipinski definition) is 0. The SMILES string of the molecule is CC(C)C1=[n+]2ccccc2=NC1C. The van der Waals surface area contributed by atoms with E-state index in [9.17, 15) is 0 Å². The summed E-state index contributed by atoms with van der Waals surface area (Å²) >= 11 is 0. The van der Waals surface area contributed by atoms with Crippen LogP contribution in [-0.2, 0) is 0 Å². The van der Waals surface area contributed by atoms with Crippen LogP contribution in [0.3, 0.4) is 0 Å². The number of fused-ring (bicyclic) bond motifs is 1. The lowest BCUT2D eigenvalue weighted by Crippen LogP contribution is -2.37. The summed E-state index contributed by atoms with van der Waals surface area (Å²) in [5, 5.41) is 0. The van der Waals surface area contributed by atoms with Crippen LogP contribution >= 0.6 is 0 Å². The molecule has 13 heavy (non-hydrogen) atoms. The van der Waals surface area contributed by atoms with E-state index in [0.29, 0.717) is 12.0 Å². The normalized spacial score (nSPS) is 20.3. The molecule has 1 aromatic rings. The first kappa shape index (κ1) is 8.42. The zero-order valence-electron chi connectivity index (χ0n) is 8.36. The molecule has 2 nitrogen and oxygen atoms in total. The molecule has 0 aromatic carbocycles. The third-order valence-corrected chi connectivity index (χ3v) is 2.46. The van der Waals surface area contributed by atoms with Crippen molar-refractivity contribution < 1.29 is 4.24 Å². The van der Waals surface area contributed by atoms with Gasteiger partial charge >= 0.3 is 5.49 Å². The molecular formula is C11H15N2+. The quantitative estimate of drug-likeness (QED) is 0.568. The van der Waals surface area contributed by atoms with Crippen molar-refractivity contribution in [3.8, 4) is 0 Å². The summed E-state index contributed by atoms with van der Waals surface area (Å²) in [5.41, 5.74) is 2.48. The van der Waals surface area contributed by atoms with Gasteiger partial charge in [0.2, 0.25) is 0 Å². The van der Waals surface area contributed by atoms with Crippen LogP contribution < -0.4 is 9.73 Å². The average Bonchev–Trinajstić information content (AvgIpc) is 2.39. The van der Waals surface area contributed by atoms with Crippen molar-refractivity contribution in [1.82, 2.24) is 0 Å². The molecule has 0 spiro atoms. The van der Waals surface area contributed by atoms with Crippen molar-refractivity contribution in [3.63, 3.8) is 0 Å². The minimum absolute atomic E-state index is 0.336. The van der Waals surface area contributed by atoms with Crippen molar-refractivity contribution in [3.05, 3.63) is 35.6 Å². The van der Waals surface area contributed by atoms with E-state index in [1.807, 2.05) is 6.07 Å². The molecule has 1 atom stereocenters. The van der Waals surface area contributed by atoms with Gasteiger partial charge in [-0.05, 0) is 13.0 Å². The fourth-order valence-corrected chi connectivity index (χ4v) is 1.98. The molecule has 1 aliphatic heterocycles. The van der Waals surface area contributed by atoms with Gasteiger partial charge in [0.25, 0.3) is 0 Å². The second kappa shape index (κ2) is 2.95. The fourth-order valence-electron chi connectivity index (χ4n) is 1.98. The molecule has 2 heteroatoms. The molecule has 68 valence electrons. The van der Waals surface area contributed by atoms with Gasteiger partial charge in [0.15, 0.2) is 6.04 Å². The lowest BCUT2D eigenvalue weighted by atomic mass is 10.0. The minimum atomic E-state index is 0.336. The van der Waals surface area contributed by atoms with Gasteiger partial charge in [-0.25, -0.2) is 0 Å². The molecule has 2 heterocycles. The first-order chi connectivity index (χ1) is 6.20. The standard InChI is InChI=1S/C11H15N2/c1-8(2)11-9(3)12-10-6-4-5-7-13(10)11/h4-9H,1-3H3/q+1. The van der Waals surface area contributed by atoms with Crippen LogP contribution in [0.25, 0.3) is 0 Å². The van der Waals surface area contributed by atoms with Gasteiger partial charge in [-0.3, -0.25) is 0 Å². The van der Waals surface area contributed by atoms with Crippen molar-refractivity contribution in [2.75, 3.05) is 0 Å². The first-order valence-electron chi connectivity index (χ1n) is 4.79. The summed E-state index contributed by atoms with van der Waals surface area (Å²) in [5.74, 6) is 0.562. The van der Waals surface area contributed by atoms with Gasteiger partial charge in [-0.1, -0.05) is 24.9 Å². The summed E-state index contributed by atoms with van der Waals surface area (Å²) in [4.78, 5) is 4.58. The Labute approximate surface area is 78.3 Å². The monoisotopic (exact) mass is 175 g/mol. The van der Waals surface area contributed by atoms with E-state index in [2.05, 4.69) is 48.3 Å². The Morgan fingerprint density at radius 2 is 2.15 bits per heavy atom. The third kappa shape index (κ3) is 1.26. The van der Waals surface area contributed by atoms with Gasteiger partial charge < -0.3 is 0 Å². The van der Waals surface area contributed by atoms with E-state index in [0.717, 1.165) is 5.49 Å². The molecule has 1 unspecified atom stereocenters. The Balaban J connectivity index is 2.77. The average molecular weight is 175 g/mol. The summed E-state index contributed by atoms with van der Waals surface area (Å²) in [6.07, 6.45) is 2.09. The van der Waals surface area contributed by atoms with Crippen molar-refractivity contribution in [2.45, 2.75) is 26.8 Å². The Morgan fingerprint density at radius 3 is 2.85 bits per heavy atom. The van der Waals surface area contributed by atoms with E-state index in [1.54, 1.807) is 0 Å². The molecule has 0 radical (unpaired) electrons. The van der Waals surface area contributed by atoms with Gasteiger partial charge in [0, 0.05) is 12.0 Å².